The maximum absolute atomic E-state index is 9.60. The van der Waals surface area contributed by atoms with Crippen LogP contribution in [0.4, 0.5) is 0 Å². The first kappa shape index (κ1) is 10.7. The molecule has 0 aromatic rings. The Morgan fingerprint density at radius 2 is 2.14 bits per heavy atom. The van der Waals surface area contributed by atoms with Crippen LogP contribution in [-0.4, -0.2) is 48.8 Å². The summed E-state index contributed by atoms with van der Waals surface area (Å²) in [6.07, 6.45) is 1.02. The molecule has 0 aliphatic heterocycles. The molecule has 2 nitrogen and oxygen atoms in total. The number of carboxylic acid groups (broad SMARTS) is 1. The zero-order valence-corrected chi connectivity index (χ0v) is 3.77. The van der Waals surface area contributed by atoms with Crippen LogP contribution in [0.5, 0.6) is 0 Å². The second kappa shape index (κ2) is 6.73. The fourth-order valence-corrected chi connectivity index (χ4v) is 0.214. The molecular formula is C4H10CaO2. The van der Waals surface area contributed by atoms with E-state index in [2.05, 4.69) is 0 Å². The third-order valence-electron chi connectivity index (χ3n) is 0.464. The van der Waals surface area contributed by atoms with Gasteiger partial charge in [-0.05, 0) is 6.42 Å². The van der Waals surface area contributed by atoms with Crippen molar-refractivity contribution in [3.05, 3.63) is 0 Å². The topological polar surface area (TPSA) is 37.3 Å². The summed E-state index contributed by atoms with van der Waals surface area (Å²) >= 11 is 0. The van der Waals surface area contributed by atoms with Gasteiger partial charge in [0.2, 0.25) is 0 Å². The van der Waals surface area contributed by atoms with Crippen LogP contribution >= 0.6 is 0 Å². The van der Waals surface area contributed by atoms with Crippen LogP contribution in [0.3, 0.4) is 0 Å². The van der Waals surface area contributed by atoms with Crippen LogP contribution in [-0.2, 0) is 4.79 Å². The van der Waals surface area contributed by atoms with E-state index in [1.165, 1.54) is 0 Å². The minimum atomic E-state index is -0.711. The Kier molecular flexibility index (Phi) is 10.3. The molecule has 0 saturated heterocycles. The molecule has 0 bridgehead atoms. The van der Waals surface area contributed by atoms with Crippen molar-refractivity contribution in [3.63, 3.8) is 0 Å². The summed E-state index contributed by atoms with van der Waals surface area (Å²) in [5.41, 5.74) is 0. The fraction of sp³-hybridized carbons (Fsp3) is 0.750. The van der Waals surface area contributed by atoms with Gasteiger partial charge in [-0.1, -0.05) is 6.92 Å². The number of rotatable bonds is 2. The van der Waals surface area contributed by atoms with E-state index < -0.39 is 5.97 Å². The molecule has 0 radical (unpaired) electrons. The van der Waals surface area contributed by atoms with Gasteiger partial charge in [-0.15, -0.1) is 0 Å². The van der Waals surface area contributed by atoms with E-state index >= 15 is 0 Å². The van der Waals surface area contributed by atoms with Crippen LogP contribution < -0.4 is 0 Å². The Bertz CT molecular complexity index is 53.7. The Labute approximate surface area is 72.9 Å². The predicted octanol–water partition coefficient (Wildman–Crippen LogP) is -0.0451. The summed E-state index contributed by atoms with van der Waals surface area (Å²) in [4.78, 5) is 9.60. The van der Waals surface area contributed by atoms with E-state index in [1.807, 2.05) is 6.92 Å². The van der Waals surface area contributed by atoms with E-state index in [0.29, 0.717) is 6.42 Å². The molecule has 7 heavy (non-hydrogen) atoms. The maximum atomic E-state index is 9.60. The van der Waals surface area contributed by atoms with E-state index in [-0.39, 0.29) is 37.7 Å². The fourth-order valence-electron chi connectivity index (χ4n) is 0.214. The zero-order chi connectivity index (χ0) is 4.99. The first-order valence-corrected chi connectivity index (χ1v) is 1.99. The van der Waals surface area contributed by atoms with Gasteiger partial charge in [-0.2, -0.15) is 0 Å². The van der Waals surface area contributed by atoms with Crippen molar-refractivity contribution in [2.45, 2.75) is 19.8 Å². The number of hydrogen-bond acceptors (Lipinski definition) is 1. The van der Waals surface area contributed by atoms with Gasteiger partial charge in [0.25, 0.3) is 0 Å². The Morgan fingerprint density at radius 1 is 1.71 bits per heavy atom. The van der Waals surface area contributed by atoms with E-state index in [4.69, 9.17) is 5.11 Å². The molecule has 0 aliphatic carbocycles. The van der Waals surface area contributed by atoms with E-state index in [9.17, 15) is 4.79 Å². The van der Waals surface area contributed by atoms with Crippen LogP contribution in [0.1, 0.15) is 19.8 Å². The Hall–Kier alpha value is 0.730. The second-order valence-electron chi connectivity index (χ2n) is 1.14. The first-order valence-electron chi connectivity index (χ1n) is 1.99. The van der Waals surface area contributed by atoms with Crippen molar-refractivity contribution in [2.75, 3.05) is 0 Å². The molecule has 40 valence electrons. The molecule has 0 aromatic carbocycles. The molecule has 0 fully saturated rings. The number of carboxylic acids is 1. The normalized spacial score (nSPS) is 7.00. The SMILES string of the molecule is CCCC(=O)O.[CaH2]. The number of carbonyl (C=O) groups is 1. The van der Waals surface area contributed by atoms with Gasteiger partial charge in [-0.25, -0.2) is 0 Å². The standard InChI is InChI=1S/C4H8O2.Ca.2H/c1-2-3-4(5)6;;;/h2-3H2,1H3,(H,5,6);;;. The van der Waals surface area contributed by atoms with E-state index in [1.54, 1.807) is 0 Å². The summed E-state index contributed by atoms with van der Waals surface area (Å²) < 4.78 is 0. The summed E-state index contributed by atoms with van der Waals surface area (Å²) in [7, 11) is 0. The molecule has 0 saturated carbocycles. The van der Waals surface area contributed by atoms with Crippen molar-refractivity contribution >= 4 is 43.7 Å². The van der Waals surface area contributed by atoms with Crippen molar-refractivity contribution in [1.82, 2.24) is 0 Å². The van der Waals surface area contributed by atoms with Crippen molar-refractivity contribution in [3.8, 4) is 0 Å². The average molecular weight is 130 g/mol. The van der Waals surface area contributed by atoms with E-state index in [0.717, 1.165) is 6.42 Å². The van der Waals surface area contributed by atoms with Gasteiger partial charge in [0, 0.05) is 6.42 Å². The molecule has 0 unspecified atom stereocenters. The summed E-state index contributed by atoms with van der Waals surface area (Å²) in [5, 5.41) is 7.91. The van der Waals surface area contributed by atoms with Gasteiger partial charge in [-0.3, -0.25) is 4.79 Å². The zero-order valence-electron chi connectivity index (χ0n) is 3.77. The van der Waals surface area contributed by atoms with Gasteiger partial charge in [0.15, 0.2) is 0 Å². The van der Waals surface area contributed by atoms with Crippen molar-refractivity contribution in [1.29, 1.82) is 0 Å². The van der Waals surface area contributed by atoms with Crippen LogP contribution in [0.15, 0.2) is 0 Å². The number of hydrogen-bond donors (Lipinski definition) is 1. The number of aliphatic carboxylic acids is 1. The minimum absolute atomic E-state index is 0. The van der Waals surface area contributed by atoms with Crippen LogP contribution in [0.2, 0.25) is 0 Å². The molecule has 3 heteroatoms. The van der Waals surface area contributed by atoms with Crippen molar-refractivity contribution in [2.24, 2.45) is 0 Å². The second-order valence-corrected chi connectivity index (χ2v) is 1.14. The summed E-state index contributed by atoms with van der Waals surface area (Å²) in [6, 6.07) is 0. The van der Waals surface area contributed by atoms with Gasteiger partial charge < -0.3 is 5.11 Å². The Morgan fingerprint density at radius 3 is 2.14 bits per heavy atom. The first-order chi connectivity index (χ1) is 2.77. The van der Waals surface area contributed by atoms with Gasteiger partial charge in [0.05, 0.1) is 0 Å². The molecule has 0 atom stereocenters. The third kappa shape index (κ3) is 10.8. The molecule has 1 N–H and O–H groups in total. The quantitative estimate of drug-likeness (QED) is 0.532. The molecule has 0 heterocycles. The van der Waals surface area contributed by atoms with Crippen LogP contribution in [0.25, 0.3) is 0 Å². The summed E-state index contributed by atoms with van der Waals surface area (Å²) in [5.74, 6) is -0.711. The molecular weight excluding hydrogens is 120 g/mol. The summed E-state index contributed by atoms with van der Waals surface area (Å²) in [6.45, 7) is 1.84. The average Bonchev–Trinajstić information content (AvgIpc) is 1.35. The monoisotopic (exact) mass is 130 g/mol. The third-order valence-corrected chi connectivity index (χ3v) is 0.464. The van der Waals surface area contributed by atoms with Crippen LogP contribution in [0, 0.1) is 0 Å². The molecule has 0 rings (SSSR count). The Balaban J connectivity index is 0. The van der Waals surface area contributed by atoms with Crippen molar-refractivity contribution < 1.29 is 9.90 Å². The molecule has 0 amide bonds. The predicted molar refractivity (Wildman–Crippen MR) is 31.1 cm³/mol. The molecule has 0 aromatic heterocycles. The molecule has 0 aliphatic rings. The molecule has 0 spiro atoms. The van der Waals surface area contributed by atoms with Gasteiger partial charge in [0.1, 0.15) is 0 Å². The van der Waals surface area contributed by atoms with Gasteiger partial charge >= 0.3 is 43.7 Å².